The van der Waals surface area contributed by atoms with Crippen LogP contribution < -0.4 is 10.2 Å². The van der Waals surface area contributed by atoms with Gasteiger partial charge in [0.25, 0.3) is 5.91 Å². The Balaban J connectivity index is 1.46. The van der Waals surface area contributed by atoms with E-state index in [4.69, 9.17) is 16.3 Å². The van der Waals surface area contributed by atoms with Crippen molar-refractivity contribution in [1.29, 1.82) is 0 Å². The monoisotopic (exact) mass is 362 g/mol. The van der Waals surface area contributed by atoms with Gasteiger partial charge in [-0.15, -0.1) is 11.6 Å². The fourth-order valence-electron chi connectivity index (χ4n) is 3.09. The fraction of sp³-hybridized carbons (Fsp3) is 0.500. The number of halogens is 1. The molecule has 0 aliphatic carbocycles. The van der Waals surface area contributed by atoms with E-state index in [9.17, 15) is 4.79 Å². The van der Waals surface area contributed by atoms with Gasteiger partial charge in [0, 0.05) is 13.1 Å². The number of hydrogen-bond acceptors (Lipinski definition) is 5. The Bertz CT molecular complexity index is 652. The Labute approximate surface area is 152 Å². The summed E-state index contributed by atoms with van der Waals surface area (Å²) >= 11 is 6.03. The van der Waals surface area contributed by atoms with Gasteiger partial charge in [0.2, 0.25) is 0 Å². The van der Waals surface area contributed by atoms with E-state index in [1.165, 1.54) is 11.8 Å². The van der Waals surface area contributed by atoms with Crippen molar-refractivity contribution >= 4 is 29.4 Å². The molecule has 6 nitrogen and oxygen atoms in total. The van der Waals surface area contributed by atoms with Crippen LogP contribution in [0, 0.1) is 5.92 Å². The zero-order valence-electron chi connectivity index (χ0n) is 14.3. The summed E-state index contributed by atoms with van der Waals surface area (Å²) in [5.41, 5.74) is 4.20. The largest absolute Gasteiger partial charge is 0.497 e. The van der Waals surface area contributed by atoms with Crippen LogP contribution in [0.3, 0.4) is 0 Å². The Kier molecular flexibility index (Phi) is 6.04. The van der Waals surface area contributed by atoms with Crippen molar-refractivity contribution in [3.63, 3.8) is 0 Å². The van der Waals surface area contributed by atoms with Gasteiger partial charge in [-0.3, -0.25) is 14.7 Å². The maximum absolute atomic E-state index is 11.5. The van der Waals surface area contributed by atoms with E-state index in [1.54, 1.807) is 7.11 Å². The van der Waals surface area contributed by atoms with Crippen molar-refractivity contribution < 1.29 is 9.53 Å². The molecule has 0 spiro atoms. The third-order valence-corrected chi connectivity index (χ3v) is 5.09. The number of hydrazone groups is 1. The van der Waals surface area contributed by atoms with E-state index in [0.29, 0.717) is 18.2 Å². The van der Waals surface area contributed by atoms with E-state index in [2.05, 4.69) is 32.6 Å². The minimum Gasteiger partial charge on any atom is -0.497 e. The lowest BCUT2D eigenvalue weighted by molar-refractivity contribution is -0.119. The highest BCUT2D eigenvalue weighted by molar-refractivity contribution is 6.54. The summed E-state index contributed by atoms with van der Waals surface area (Å²) in [6, 6.07) is 8.24. The second-order valence-electron chi connectivity index (χ2n) is 6.43. The van der Waals surface area contributed by atoms with Crippen molar-refractivity contribution in [3.05, 3.63) is 29.8 Å². The zero-order valence-corrected chi connectivity index (χ0v) is 15.1. The lowest BCUT2D eigenvalue weighted by atomic mass is 9.96. The quantitative estimate of drug-likeness (QED) is 0.815. The van der Waals surface area contributed by atoms with Crippen LogP contribution in [-0.2, 0) is 11.3 Å². The number of rotatable bonds is 5. The molecule has 1 fully saturated rings. The Morgan fingerprint density at radius 2 is 2.04 bits per heavy atom. The highest BCUT2D eigenvalue weighted by Gasteiger charge is 2.25. The molecule has 1 saturated heterocycles. The molecule has 2 aliphatic heterocycles. The molecule has 134 valence electrons. The first-order chi connectivity index (χ1) is 12.2. The van der Waals surface area contributed by atoms with Crippen LogP contribution in [0.4, 0.5) is 0 Å². The minimum atomic E-state index is -0.729. The number of likely N-dealkylation sites (tertiary alicyclic amines) is 1. The number of nitrogens with zero attached hydrogens (tertiary/aromatic N) is 3. The molecule has 25 heavy (non-hydrogen) atoms. The van der Waals surface area contributed by atoms with Crippen molar-refractivity contribution in [1.82, 2.24) is 10.3 Å². The SMILES string of the molecule is COc1ccc(CN2CCC(CN=C3C=NNC(=O)C3Cl)CC2)cc1. The molecule has 1 aromatic carbocycles. The van der Waals surface area contributed by atoms with Gasteiger partial charge >= 0.3 is 0 Å². The van der Waals surface area contributed by atoms with Gasteiger partial charge in [-0.05, 0) is 49.5 Å². The van der Waals surface area contributed by atoms with E-state index in [-0.39, 0.29) is 5.91 Å². The van der Waals surface area contributed by atoms with E-state index < -0.39 is 5.38 Å². The predicted octanol–water partition coefficient (Wildman–Crippen LogP) is 2.07. The van der Waals surface area contributed by atoms with Crippen LogP contribution in [0.2, 0.25) is 0 Å². The predicted molar refractivity (Wildman–Crippen MR) is 99.6 cm³/mol. The summed E-state index contributed by atoms with van der Waals surface area (Å²) in [7, 11) is 1.68. The molecule has 3 rings (SSSR count). The maximum atomic E-state index is 11.5. The van der Waals surface area contributed by atoms with Crippen molar-refractivity contribution in [2.45, 2.75) is 24.8 Å². The van der Waals surface area contributed by atoms with Crippen LogP contribution in [0.15, 0.2) is 34.4 Å². The first kappa shape index (κ1) is 17.9. The van der Waals surface area contributed by atoms with Crippen LogP contribution in [-0.4, -0.2) is 54.9 Å². The van der Waals surface area contributed by atoms with Gasteiger partial charge in [0.15, 0.2) is 5.38 Å². The van der Waals surface area contributed by atoms with Crippen LogP contribution >= 0.6 is 11.6 Å². The average molecular weight is 363 g/mol. The Hall–Kier alpha value is -1.92. The summed E-state index contributed by atoms with van der Waals surface area (Å²) < 4.78 is 5.19. The van der Waals surface area contributed by atoms with Gasteiger partial charge in [0.05, 0.1) is 19.0 Å². The number of piperidine rings is 1. The molecule has 1 atom stereocenters. The number of aliphatic imine (C=N–C) groups is 1. The summed E-state index contributed by atoms with van der Waals surface area (Å²) in [6.07, 6.45) is 3.74. The third-order valence-electron chi connectivity index (χ3n) is 4.67. The van der Waals surface area contributed by atoms with E-state index >= 15 is 0 Å². The van der Waals surface area contributed by atoms with Crippen LogP contribution in [0.25, 0.3) is 0 Å². The molecule has 2 heterocycles. The number of ether oxygens (including phenoxy) is 1. The molecule has 0 radical (unpaired) electrons. The van der Waals surface area contributed by atoms with Crippen LogP contribution in [0.1, 0.15) is 18.4 Å². The highest BCUT2D eigenvalue weighted by Crippen LogP contribution is 2.20. The molecular weight excluding hydrogens is 340 g/mol. The zero-order chi connectivity index (χ0) is 17.6. The summed E-state index contributed by atoms with van der Waals surface area (Å²) in [5, 5.41) is 3.04. The van der Waals surface area contributed by atoms with Gasteiger partial charge in [-0.25, -0.2) is 5.43 Å². The summed E-state index contributed by atoms with van der Waals surface area (Å²) in [5.74, 6) is 1.11. The molecule has 1 unspecified atom stereocenters. The average Bonchev–Trinajstić information content (AvgIpc) is 2.65. The number of benzene rings is 1. The molecule has 0 saturated carbocycles. The standard InChI is InChI=1S/C18H23ClN4O2/c1-25-15-4-2-14(3-5-15)12-23-8-6-13(7-9-23)10-20-16-11-21-22-18(24)17(16)19/h2-5,11,13,17H,6-10,12H2,1H3,(H,22,24). The lowest BCUT2D eigenvalue weighted by Crippen LogP contribution is -2.39. The van der Waals surface area contributed by atoms with Gasteiger partial charge < -0.3 is 4.74 Å². The number of alkyl halides is 1. The van der Waals surface area contributed by atoms with E-state index in [1.807, 2.05) is 12.1 Å². The molecule has 2 aliphatic rings. The number of nitrogens with one attached hydrogen (secondary N) is 1. The molecular formula is C18H23ClN4O2. The van der Waals surface area contributed by atoms with Crippen molar-refractivity contribution in [3.8, 4) is 5.75 Å². The Morgan fingerprint density at radius 1 is 1.32 bits per heavy atom. The lowest BCUT2D eigenvalue weighted by Gasteiger charge is -2.31. The number of methoxy groups -OCH3 is 1. The number of hydrogen-bond donors (Lipinski definition) is 1. The molecule has 0 bridgehead atoms. The minimum absolute atomic E-state index is 0.308. The van der Waals surface area contributed by atoms with Crippen molar-refractivity contribution in [2.24, 2.45) is 16.0 Å². The molecule has 1 amide bonds. The summed E-state index contributed by atoms with van der Waals surface area (Å²) in [4.78, 5) is 18.4. The number of amides is 1. The van der Waals surface area contributed by atoms with Gasteiger partial charge in [0.1, 0.15) is 5.75 Å². The van der Waals surface area contributed by atoms with Gasteiger partial charge in [-0.2, -0.15) is 5.10 Å². The maximum Gasteiger partial charge on any atom is 0.264 e. The fourth-order valence-corrected chi connectivity index (χ4v) is 3.26. The normalized spacial score (nSPS) is 23.7. The third kappa shape index (κ3) is 4.80. The van der Waals surface area contributed by atoms with E-state index in [0.717, 1.165) is 38.2 Å². The Morgan fingerprint density at radius 3 is 2.72 bits per heavy atom. The smallest absolute Gasteiger partial charge is 0.264 e. The number of carbonyl (C=O) groups is 1. The molecule has 1 aromatic rings. The highest BCUT2D eigenvalue weighted by atomic mass is 35.5. The molecule has 0 aromatic heterocycles. The second kappa shape index (κ2) is 8.45. The first-order valence-corrected chi connectivity index (χ1v) is 8.96. The van der Waals surface area contributed by atoms with Crippen molar-refractivity contribution in [2.75, 3.05) is 26.7 Å². The first-order valence-electron chi connectivity index (χ1n) is 8.52. The second-order valence-corrected chi connectivity index (χ2v) is 6.87. The molecule has 7 heteroatoms. The topological polar surface area (TPSA) is 66.3 Å². The summed E-state index contributed by atoms with van der Waals surface area (Å²) in [6.45, 7) is 3.77. The number of carbonyl (C=O) groups excluding carboxylic acids is 1. The van der Waals surface area contributed by atoms with Gasteiger partial charge in [-0.1, -0.05) is 12.1 Å². The molecule has 1 N–H and O–H groups in total. The van der Waals surface area contributed by atoms with Crippen LogP contribution in [0.5, 0.6) is 5.75 Å².